The van der Waals surface area contributed by atoms with E-state index in [2.05, 4.69) is 39.8 Å². The molecule has 84 valence electrons. The Morgan fingerprint density at radius 3 is 2.67 bits per heavy atom. The molecule has 0 radical (unpaired) electrons. The van der Waals surface area contributed by atoms with Crippen molar-refractivity contribution in [1.82, 2.24) is 0 Å². The fourth-order valence-corrected chi connectivity index (χ4v) is 3.40. The van der Waals surface area contributed by atoms with E-state index >= 15 is 0 Å². The van der Waals surface area contributed by atoms with Gasteiger partial charge < -0.3 is 0 Å². The van der Waals surface area contributed by atoms with Crippen LogP contribution in [0.3, 0.4) is 0 Å². The predicted molar refractivity (Wildman–Crippen MR) is 66.7 cm³/mol. The summed E-state index contributed by atoms with van der Waals surface area (Å²) in [4.78, 5) is 0. The Hall–Kier alpha value is -0.520. The summed E-state index contributed by atoms with van der Waals surface area (Å²) in [7, 11) is 0. The van der Waals surface area contributed by atoms with Crippen LogP contribution in [0.1, 0.15) is 47.0 Å². The molecule has 0 aromatic carbocycles. The zero-order valence-corrected chi connectivity index (χ0v) is 10.6. The van der Waals surface area contributed by atoms with Gasteiger partial charge in [-0.1, -0.05) is 37.1 Å². The van der Waals surface area contributed by atoms with Crippen LogP contribution in [0.25, 0.3) is 0 Å². The van der Waals surface area contributed by atoms with Gasteiger partial charge in [0.2, 0.25) is 0 Å². The zero-order valence-electron chi connectivity index (χ0n) is 10.6. The highest BCUT2D eigenvalue weighted by atomic mass is 14.4. The maximum atomic E-state index is 2.58. The summed E-state index contributed by atoms with van der Waals surface area (Å²) < 4.78 is 0. The molecule has 0 heteroatoms. The summed E-state index contributed by atoms with van der Waals surface area (Å²) in [5.74, 6) is 3.40. The third-order valence-electron chi connectivity index (χ3n) is 4.44. The molecule has 0 aliphatic heterocycles. The first-order chi connectivity index (χ1) is 7.09. The summed E-state index contributed by atoms with van der Waals surface area (Å²) >= 11 is 0. The lowest BCUT2D eigenvalue weighted by Crippen LogP contribution is -2.31. The molecular formula is C15H24. The molecule has 3 atom stereocenters. The Bertz CT molecular complexity index is 293. The van der Waals surface area contributed by atoms with Gasteiger partial charge in [0.1, 0.15) is 0 Å². The molecule has 2 aliphatic rings. The third kappa shape index (κ3) is 2.04. The van der Waals surface area contributed by atoms with Gasteiger partial charge in [0, 0.05) is 0 Å². The molecule has 2 rings (SSSR count). The van der Waals surface area contributed by atoms with E-state index in [1.165, 1.54) is 19.3 Å². The molecule has 0 saturated heterocycles. The van der Waals surface area contributed by atoms with Gasteiger partial charge >= 0.3 is 0 Å². The zero-order chi connectivity index (χ0) is 11.0. The van der Waals surface area contributed by atoms with Crippen molar-refractivity contribution in [2.45, 2.75) is 47.0 Å². The molecule has 2 aliphatic carbocycles. The van der Waals surface area contributed by atoms with Crippen molar-refractivity contribution in [3.8, 4) is 0 Å². The van der Waals surface area contributed by atoms with E-state index in [4.69, 9.17) is 0 Å². The van der Waals surface area contributed by atoms with Gasteiger partial charge in [0.05, 0.1) is 0 Å². The predicted octanol–water partition coefficient (Wildman–Crippen LogP) is 4.58. The first-order valence-corrected chi connectivity index (χ1v) is 6.43. The van der Waals surface area contributed by atoms with E-state index in [1.54, 1.807) is 11.1 Å². The Balaban J connectivity index is 2.28. The van der Waals surface area contributed by atoms with Crippen LogP contribution in [-0.2, 0) is 0 Å². The van der Waals surface area contributed by atoms with Crippen molar-refractivity contribution >= 4 is 0 Å². The first-order valence-electron chi connectivity index (χ1n) is 6.43. The largest absolute Gasteiger partial charge is 0.0850 e. The quantitative estimate of drug-likeness (QED) is 0.548. The number of allylic oxidation sites excluding steroid dienone is 4. The lowest BCUT2D eigenvalue weighted by atomic mass is 9.64. The molecule has 0 aromatic heterocycles. The van der Waals surface area contributed by atoms with Crippen LogP contribution >= 0.6 is 0 Å². The molecule has 0 saturated carbocycles. The summed E-state index contributed by atoms with van der Waals surface area (Å²) in [5.41, 5.74) is 3.28. The van der Waals surface area contributed by atoms with Crippen LogP contribution in [0, 0.1) is 23.7 Å². The standard InChI is InChI=1S/C15H24/c1-10(2)13-8-6-12(4)14-7-5-11(3)9-15(13)14/h6,9-10,13-15H,5,7-8H2,1-4H3/t13-,14-,15-/m0/s1. The van der Waals surface area contributed by atoms with E-state index in [0.717, 1.165) is 23.7 Å². The maximum Gasteiger partial charge on any atom is -0.0132 e. The Kier molecular flexibility index (Phi) is 3.04. The molecule has 0 unspecified atom stereocenters. The van der Waals surface area contributed by atoms with Crippen LogP contribution < -0.4 is 0 Å². The van der Waals surface area contributed by atoms with Crippen molar-refractivity contribution in [2.24, 2.45) is 23.7 Å². The maximum absolute atomic E-state index is 2.58. The topological polar surface area (TPSA) is 0 Å². The SMILES string of the molecule is CC1=C[C@@H]2[C@@H](CC1)C(C)=CC[C@H]2C(C)C. The van der Waals surface area contributed by atoms with Crippen LogP contribution in [0.15, 0.2) is 23.3 Å². The van der Waals surface area contributed by atoms with Crippen LogP contribution in [0.5, 0.6) is 0 Å². The minimum atomic E-state index is 0.823. The van der Waals surface area contributed by atoms with Gasteiger partial charge in [-0.25, -0.2) is 0 Å². The molecule has 0 N–H and O–H groups in total. The van der Waals surface area contributed by atoms with Gasteiger partial charge in [-0.3, -0.25) is 0 Å². The third-order valence-corrected chi connectivity index (χ3v) is 4.44. The molecular weight excluding hydrogens is 180 g/mol. The summed E-state index contributed by atoms with van der Waals surface area (Å²) in [6.45, 7) is 9.41. The summed E-state index contributed by atoms with van der Waals surface area (Å²) in [6, 6.07) is 0. The average molecular weight is 204 g/mol. The second-order valence-corrected chi connectivity index (χ2v) is 5.83. The lowest BCUT2D eigenvalue weighted by Gasteiger charge is -2.41. The van der Waals surface area contributed by atoms with Gasteiger partial charge in [0.15, 0.2) is 0 Å². The minimum absolute atomic E-state index is 0.823. The second kappa shape index (κ2) is 4.15. The number of hydrogen-bond acceptors (Lipinski definition) is 0. The molecule has 0 fully saturated rings. The summed E-state index contributed by atoms with van der Waals surface area (Å²) in [5, 5.41) is 0. The molecule has 0 spiro atoms. The van der Waals surface area contributed by atoms with E-state index in [9.17, 15) is 0 Å². The van der Waals surface area contributed by atoms with Gasteiger partial charge in [0.25, 0.3) is 0 Å². The number of rotatable bonds is 1. The smallest absolute Gasteiger partial charge is 0.0132 e. The van der Waals surface area contributed by atoms with Crippen molar-refractivity contribution in [2.75, 3.05) is 0 Å². The Morgan fingerprint density at radius 1 is 1.27 bits per heavy atom. The molecule has 0 heterocycles. The fraction of sp³-hybridized carbons (Fsp3) is 0.733. The van der Waals surface area contributed by atoms with Crippen LogP contribution in [0.4, 0.5) is 0 Å². The molecule has 0 aromatic rings. The molecule has 0 nitrogen and oxygen atoms in total. The highest BCUT2D eigenvalue weighted by Crippen LogP contribution is 2.45. The highest BCUT2D eigenvalue weighted by Gasteiger charge is 2.34. The average Bonchev–Trinajstić information content (AvgIpc) is 2.17. The Labute approximate surface area is 94.5 Å². The second-order valence-electron chi connectivity index (χ2n) is 5.83. The van der Waals surface area contributed by atoms with Crippen molar-refractivity contribution in [3.63, 3.8) is 0 Å². The first kappa shape index (κ1) is 11.0. The van der Waals surface area contributed by atoms with E-state index < -0.39 is 0 Å². The molecule has 15 heavy (non-hydrogen) atoms. The number of fused-ring (bicyclic) bond motifs is 1. The van der Waals surface area contributed by atoms with Crippen molar-refractivity contribution < 1.29 is 0 Å². The molecule has 0 bridgehead atoms. The monoisotopic (exact) mass is 204 g/mol. The normalized spacial score (nSPS) is 35.9. The van der Waals surface area contributed by atoms with Gasteiger partial charge in [-0.05, 0) is 56.8 Å². The van der Waals surface area contributed by atoms with E-state index in [0.29, 0.717) is 0 Å². The summed E-state index contributed by atoms with van der Waals surface area (Å²) in [6.07, 6.45) is 9.08. The molecule has 0 amide bonds. The minimum Gasteiger partial charge on any atom is -0.0850 e. The van der Waals surface area contributed by atoms with E-state index in [-0.39, 0.29) is 0 Å². The fourth-order valence-electron chi connectivity index (χ4n) is 3.40. The van der Waals surface area contributed by atoms with Gasteiger partial charge in [-0.15, -0.1) is 0 Å². The number of hydrogen-bond donors (Lipinski definition) is 0. The van der Waals surface area contributed by atoms with Gasteiger partial charge in [-0.2, -0.15) is 0 Å². The highest BCUT2D eigenvalue weighted by molar-refractivity contribution is 5.20. The van der Waals surface area contributed by atoms with Crippen LogP contribution in [0.2, 0.25) is 0 Å². The van der Waals surface area contributed by atoms with E-state index in [1.807, 2.05) is 0 Å². The Morgan fingerprint density at radius 2 is 2.00 bits per heavy atom. The van der Waals surface area contributed by atoms with Crippen molar-refractivity contribution in [3.05, 3.63) is 23.3 Å². The van der Waals surface area contributed by atoms with Crippen molar-refractivity contribution in [1.29, 1.82) is 0 Å². The lowest BCUT2D eigenvalue weighted by molar-refractivity contribution is 0.210. The van der Waals surface area contributed by atoms with Crippen LogP contribution in [-0.4, -0.2) is 0 Å².